The summed E-state index contributed by atoms with van der Waals surface area (Å²) >= 11 is 0. The summed E-state index contributed by atoms with van der Waals surface area (Å²) in [5.74, 6) is 0.487. The molecule has 5 nitrogen and oxygen atoms in total. The maximum atomic E-state index is 11.5. The van der Waals surface area contributed by atoms with Crippen LogP contribution in [0, 0.1) is 11.3 Å². The Kier molecular flexibility index (Phi) is 5.38. The van der Waals surface area contributed by atoms with E-state index in [4.69, 9.17) is 10.00 Å². The van der Waals surface area contributed by atoms with Gasteiger partial charge in [-0.3, -0.25) is 0 Å². The lowest BCUT2D eigenvalue weighted by Gasteiger charge is -2.10. The lowest BCUT2D eigenvalue weighted by atomic mass is 10.3. The average molecular weight is 233 g/mol. The fourth-order valence-corrected chi connectivity index (χ4v) is 1.21. The largest absolute Gasteiger partial charge is 0.477 e. The summed E-state index contributed by atoms with van der Waals surface area (Å²) in [5, 5.41) is 13.8. The van der Waals surface area contributed by atoms with Gasteiger partial charge in [-0.05, 0) is 18.6 Å². The maximum absolute atomic E-state index is 11.5. The van der Waals surface area contributed by atoms with Gasteiger partial charge in [-0.1, -0.05) is 19.1 Å². The summed E-state index contributed by atoms with van der Waals surface area (Å²) in [6, 6.07) is 8.59. The number of hydrogen-bond donors (Lipinski definition) is 2. The van der Waals surface area contributed by atoms with E-state index < -0.39 is 0 Å². The van der Waals surface area contributed by atoms with Crippen LogP contribution in [-0.2, 0) is 0 Å². The van der Waals surface area contributed by atoms with Crippen molar-refractivity contribution in [1.29, 1.82) is 5.26 Å². The molecule has 5 heteroatoms. The molecule has 0 radical (unpaired) electrons. The number of nitrogens with zero attached hydrogens (tertiary/aromatic N) is 1. The van der Waals surface area contributed by atoms with Crippen LogP contribution in [0.25, 0.3) is 0 Å². The second-order valence-corrected chi connectivity index (χ2v) is 3.32. The SMILES string of the molecule is CCCNC(=O)Nc1ccccc1OCC#N. The van der Waals surface area contributed by atoms with Gasteiger partial charge in [-0.25, -0.2) is 4.79 Å². The Morgan fingerprint density at radius 2 is 2.24 bits per heavy atom. The summed E-state index contributed by atoms with van der Waals surface area (Å²) < 4.78 is 5.19. The Balaban J connectivity index is 2.63. The first kappa shape index (κ1) is 12.8. The molecule has 0 aliphatic carbocycles. The molecule has 2 amide bonds. The standard InChI is InChI=1S/C12H15N3O2/c1-2-8-14-12(16)15-10-5-3-4-6-11(10)17-9-7-13/h3-6H,2,8-9H2,1H3,(H2,14,15,16). The van der Waals surface area contributed by atoms with Gasteiger partial charge in [0.1, 0.15) is 11.8 Å². The molecule has 0 bridgehead atoms. The normalized spacial score (nSPS) is 9.18. The number of nitrogens with one attached hydrogen (secondary N) is 2. The molecule has 0 saturated carbocycles. The Bertz CT molecular complexity index is 412. The number of nitriles is 1. The molecule has 1 rings (SSSR count). The average Bonchev–Trinajstić information content (AvgIpc) is 2.35. The summed E-state index contributed by atoms with van der Waals surface area (Å²) in [5.41, 5.74) is 0.552. The van der Waals surface area contributed by atoms with Gasteiger partial charge < -0.3 is 15.4 Å². The van der Waals surface area contributed by atoms with E-state index in [1.165, 1.54) is 0 Å². The highest BCUT2D eigenvalue weighted by molar-refractivity contribution is 5.90. The highest BCUT2D eigenvalue weighted by Gasteiger charge is 2.06. The van der Waals surface area contributed by atoms with Gasteiger partial charge in [0.05, 0.1) is 5.69 Å². The summed E-state index contributed by atoms with van der Waals surface area (Å²) in [6.07, 6.45) is 0.875. The molecule has 1 aromatic rings. The zero-order valence-corrected chi connectivity index (χ0v) is 9.69. The molecule has 1 aromatic carbocycles. The van der Waals surface area contributed by atoms with E-state index in [-0.39, 0.29) is 12.6 Å². The Morgan fingerprint density at radius 1 is 1.47 bits per heavy atom. The summed E-state index contributed by atoms with van der Waals surface area (Å²) in [6.45, 7) is 2.55. The third-order valence-corrected chi connectivity index (χ3v) is 1.96. The predicted molar refractivity (Wildman–Crippen MR) is 64.9 cm³/mol. The molecule has 0 atom stereocenters. The molecular weight excluding hydrogens is 218 g/mol. The number of carbonyl (C=O) groups is 1. The molecule has 0 heterocycles. The number of hydrogen-bond acceptors (Lipinski definition) is 3. The molecule has 0 aromatic heterocycles. The number of urea groups is 1. The molecule has 0 saturated heterocycles. The second kappa shape index (κ2) is 7.12. The number of benzene rings is 1. The maximum Gasteiger partial charge on any atom is 0.319 e. The Morgan fingerprint density at radius 3 is 2.94 bits per heavy atom. The first-order chi connectivity index (χ1) is 8.27. The van der Waals surface area contributed by atoms with Crippen molar-refractivity contribution >= 4 is 11.7 Å². The zero-order chi connectivity index (χ0) is 12.5. The molecule has 0 fully saturated rings. The van der Waals surface area contributed by atoms with Gasteiger partial charge in [0.15, 0.2) is 6.61 Å². The number of ether oxygens (including phenoxy) is 1. The predicted octanol–water partition coefficient (Wildman–Crippen LogP) is 2.12. The van der Waals surface area contributed by atoms with E-state index in [2.05, 4.69) is 10.6 Å². The Labute approximate surface area is 100 Å². The zero-order valence-electron chi connectivity index (χ0n) is 9.69. The van der Waals surface area contributed by atoms with Gasteiger partial charge in [0, 0.05) is 6.54 Å². The number of amides is 2. The minimum absolute atomic E-state index is 0.0464. The Hall–Kier alpha value is -2.22. The molecule has 17 heavy (non-hydrogen) atoms. The molecule has 90 valence electrons. The van der Waals surface area contributed by atoms with Crippen molar-refractivity contribution in [3.05, 3.63) is 24.3 Å². The highest BCUT2D eigenvalue weighted by Crippen LogP contribution is 2.23. The fourth-order valence-electron chi connectivity index (χ4n) is 1.21. The van der Waals surface area contributed by atoms with Crippen LogP contribution in [0.2, 0.25) is 0 Å². The van der Waals surface area contributed by atoms with Crippen LogP contribution in [-0.4, -0.2) is 19.2 Å². The highest BCUT2D eigenvalue weighted by atomic mass is 16.5. The summed E-state index contributed by atoms with van der Waals surface area (Å²) in [7, 11) is 0. The monoisotopic (exact) mass is 233 g/mol. The number of para-hydroxylation sites is 2. The first-order valence-corrected chi connectivity index (χ1v) is 5.41. The summed E-state index contributed by atoms with van der Waals surface area (Å²) in [4.78, 5) is 11.5. The lowest BCUT2D eigenvalue weighted by molar-refractivity contribution is 0.252. The van der Waals surface area contributed by atoms with Crippen molar-refractivity contribution in [3.8, 4) is 11.8 Å². The van der Waals surface area contributed by atoms with E-state index in [1.54, 1.807) is 24.3 Å². The van der Waals surface area contributed by atoms with E-state index in [1.807, 2.05) is 13.0 Å². The minimum atomic E-state index is -0.278. The smallest absolute Gasteiger partial charge is 0.319 e. The first-order valence-electron chi connectivity index (χ1n) is 5.41. The van der Waals surface area contributed by atoms with Crippen molar-refractivity contribution in [2.75, 3.05) is 18.5 Å². The molecule has 2 N–H and O–H groups in total. The van der Waals surface area contributed by atoms with Crippen LogP contribution in [0.3, 0.4) is 0 Å². The van der Waals surface area contributed by atoms with E-state index in [0.29, 0.717) is 18.0 Å². The van der Waals surface area contributed by atoms with E-state index >= 15 is 0 Å². The van der Waals surface area contributed by atoms with Crippen LogP contribution in [0.15, 0.2) is 24.3 Å². The van der Waals surface area contributed by atoms with E-state index in [9.17, 15) is 4.79 Å². The van der Waals surface area contributed by atoms with Gasteiger partial charge >= 0.3 is 6.03 Å². The van der Waals surface area contributed by atoms with E-state index in [0.717, 1.165) is 6.42 Å². The molecule has 0 aliphatic rings. The van der Waals surface area contributed by atoms with Crippen LogP contribution >= 0.6 is 0 Å². The van der Waals surface area contributed by atoms with Crippen LogP contribution < -0.4 is 15.4 Å². The number of rotatable bonds is 5. The number of anilines is 1. The van der Waals surface area contributed by atoms with Crippen molar-refractivity contribution in [2.45, 2.75) is 13.3 Å². The quantitative estimate of drug-likeness (QED) is 0.818. The number of carbonyl (C=O) groups excluding carboxylic acids is 1. The van der Waals surface area contributed by atoms with Crippen LogP contribution in [0.4, 0.5) is 10.5 Å². The van der Waals surface area contributed by atoms with Gasteiger partial charge in [0.2, 0.25) is 0 Å². The molecule has 0 spiro atoms. The van der Waals surface area contributed by atoms with Crippen molar-refractivity contribution in [2.24, 2.45) is 0 Å². The molecular formula is C12H15N3O2. The topological polar surface area (TPSA) is 74.2 Å². The van der Waals surface area contributed by atoms with Crippen molar-refractivity contribution in [3.63, 3.8) is 0 Å². The van der Waals surface area contributed by atoms with Crippen LogP contribution in [0.5, 0.6) is 5.75 Å². The minimum Gasteiger partial charge on any atom is -0.477 e. The molecule has 0 aliphatic heterocycles. The van der Waals surface area contributed by atoms with Gasteiger partial charge in [-0.2, -0.15) is 5.26 Å². The lowest BCUT2D eigenvalue weighted by Crippen LogP contribution is -2.29. The van der Waals surface area contributed by atoms with Crippen molar-refractivity contribution in [1.82, 2.24) is 5.32 Å². The third kappa shape index (κ3) is 4.43. The second-order valence-electron chi connectivity index (χ2n) is 3.32. The van der Waals surface area contributed by atoms with Crippen LogP contribution in [0.1, 0.15) is 13.3 Å². The van der Waals surface area contributed by atoms with Crippen molar-refractivity contribution < 1.29 is 9.53 Å². The van der Waals surface area contributed by atoms with Gasteiger partial charge in [0.25, 0.3) is 0 Å². The van der Waals surface area contributed by atoms with Gasteiger partial charge in [-0.15, -0.1) is 0 Å². The fraction of sp³-hybridized carbons (Fsp3) is 0.333. The third-order valence-electron chi connectivity index (χ3n) is 1.96. The molecule has 0 unspecified atom stereocenters.